The van der Waals surface area contributed by atoms with Crippen LogP contribution in [0.5, 0.6) is 5.75 Å². The second-order valence-electron chi connectivity index (χ2n) is 5.33. The maximum atomic E-state index is 10.4. The Labute approximate surface area is 109 Å². The zero-order valence-electron chi connectivity index (χ0n) is 11.4. The van der Waals surface area contributed by atoms with Gasteiger partial charge in [0.2, 0.25) is 0 Å². The Bertz CT molecular complexity index is 368. The van der Waals surface area contributed by atoms with Crippen LogP contribution in [0.25, 0.3) is 0 Å². The van der Waals surface area contributed by atoms with Gasteiger partial charge in [-0.15, -0.1) is 0 Å². The van der Waals surface area contributed by atoms with Crippen molar-refractivity contribution in [3.63, 3.8) is 0 Å². The number of aryl methyl sites for hydroxylation is 1. The molecule has 0 aromatic carbocycles. The first kappa shape index (κ1) is 13.4. The average molecular weight is 252 g/mol. The summed E-state index contributed by atoms with van der Waals surface area (Å²) in [5, 5.41) is 14.6. The lowest BCUT2D eigenvalue weighted by atomic mass is 9.92. The molecule has 4 nitrogen and oxygen atoms in total. The van der Waals surface area contributed by atoms with Crippen molar-refractivity contribution in [2.45, 2.75) is 51.0 Å². The number of aliphatic hydroxyl groups is 1. The number of ether oxygens (including phenoxy) is 1. The summed E-state index contributed by atoms with van der Waals surface area (Å²) in [5.74, 6) is 1.33. The lowest BCUT2D eigenvalue weighted by Gasteiger charge is -2.19. The summed E-state index contributed by atoms with van der Waals surface area (Å²) < 4.78 is 6.98. The highest BCUT2D eigenvalue weighted by atomic mass is 16.5. The molecule has 0 radical (unpaired) electrons. The van der Waals surface area contributed by atoms with Crippen LogP contribution in [0.1, 0.15) is 56.7 Å². The minimum atomic E-state index is -0.462. The number of nitrogens with zero attached hydrogens (tertiary/aromatic N) is 2. The van der Waals surface area contributed by atoms with Gasteiger partial charge in [-0.1, -0.05) is 38.5 Å². The van der Waals surface area contributed by atoms with Crippen LogP contribution >= 0.6 is 0 Å². The van der Waals surface area contributed by atoms with Gasteiger partial charge < -0.3 is 9.84 Å². The molecule has 1 aliphatic carbocycles. The second-order valence-corrected chi connectivity index (χ2v) is 5.33. The first-order valence-corrected chi connectivity index (χ1v) is 6.96. The predicted molar refractivity (Wildman–Crippen MR) is 70.5 cm³/mol. The van der Waals surface area contributed by atoms with Gasteiger partial charge in [-0.2, -0.15) is 5.10 Å². The zero-order chi connectivity index (χ0) is 13.0. The van der Waals surface area contributed by atoms with Crippen LogP contribution in [-0.4, -0.2) is 22.0 Å². The summed E-state index contributed by atoms with van der Waals surface area (Å²) >= 11 is 0. The van der Waals surface area contributed by atoms with Crippen LogP contribution in [0.15, 0.2) is 6.20 Å². The minimum absolute atomic E-state index is 0.462. The van der Waals surface area contributed by atoms with Crippen LogP contribution < -0.4 is 4.74 Å². The van der Waals surface area contributed by atoms with E-state index in [2.05, 4.69) is 5.10 Å². The van der Waals surface area contributed by atoms with Gasteiger partial charge in [0.1, 0.15) is 5.69 Å². The van der Waals surface area contributed by atoms with E-state index in [-0.39, 0.29) is 0 Å². The molecular formula is C14H24N2O2. The molecule has 18 heavy (non-hydrogen) atoms. The molecule has 1 fully saturated rings. The summed E-state index contributed by atoms with van der Waals surface area (Å²) in [6, 6.07) is 0. The number of rotatable bonds is 4. The Kier molecular flexibility index (Phi) is 4.64. The van der Waals surface area contributed by atoms with Crippen LogP contribution in [0, 0.1) is 5.92 Å². The topological polar surface area (TPSA) is 47.3 Å². The van der Waals surface area contributed by atoms with Gasteiger partial charge in [-0.05, 0) is 12.3 Å². The molecule has 1 heterocycles. The van der Waals surface area contributed by atoms with Crippen molar-refractivity contribution in [3.8, 4) is 5.75 Å². The molecule has 1 saturated carbocycles. The maximum absolute atomic E-state index is 10.4. The van der Waals surface area contributed by atoms with Crippen LogP contribution in [0.3, 0.4) is 0 Å². The summed E-state index contributed by atoms with van der Waals surface area (Å²) in [7, 11) is 3.48. The number of aromatic nitrogens is 2. The van der Waals surface area contributed by atoms with Crippen molar-refractivity contribution < 1.29 is 9.84 Å². The molecule has 4 heteroatoms. The molecule has 0 spiro atoms. The molecule has 1 aliphatic rings. The van der Waals surface area contributed by atoms with E-state index in [0.717, 1.165) is 12.1 Å². The Morgan fingerprint density at radius 3 is 2.67 bits per heavy atom. The van der Waals surface area contributed by atoms with Crippen LogP contribution in [0.4, 0.5) is 0 Å². The van der Waals surface area contributed by atoms with Crippen molar-refractivity contribution in [2.24, 2.45) is 13.0 Å². The smallest absolute Gasteiger partial charge is 0.162 e. The van der Waals surface area contributed by atoms with Gasteiger partial charge in [-0.3, -0.25) is 4.68 Å². The molecule has 1 N–H and O–H groups in total. The van der Waals surface area contributed by atoms with Crippen LogP contribution in [0.2, 0.25) is 0 Å². The Morgan fingerprint density at radius 2 is 2.06 bits per heavy atom. The third kappa shape index (κ3) is 3.05. The van der Waals surface area contributed by atoms with E-state index in [1.54, 1.807) is 18.0 Å². The van der Waals surface area contributed by atoms with Gasteiger partial charge in [0.05, 0.1) is 19.4 Å². The summed E-state index contributed by atoms with van der Waals surface area (Å²) in [6.07, 6.45) is 9.84. The monoisotopic (exact) mass is 252 g/mol. The van der Waals surface area contributed by atoms with Gasteiger partial charge >= 0.3 is 0 Å². The number of hydrogen-bond acceptors (Lipinski definition) is 3. The number of methoxy groups -OCH3 is 1. The fourth-order valence-corrected chi connectivity index (χ4v) is 2.99. The minimum Gasteiger partial charge on any atom is -0.493 e. The van der Waals surface area contributed by atoms with Crippen molar-refractivity contribution in [1.82, 2.24) is 9.78 Å². The molecule has 102 valence electrons. The molecule has 2 rings (SSSR count). The molecule has 0 amide bonds. The van der Waals surface area contributed by atoms with Crippen LogP contribution in [-0.2, 0) is 7.05 Å². The van der Waals surface area contributed by atoms with Crippen molar-refractivity contribution in [2.75, 3.05) is 7.11 Å². The highest BCUT2D eigenvalue weighted by Gasteiger charge is 2.23. The molecule has 1 atom stereocenters. The van der Waals surface area contributed by atoms with E-state index in [1.165, 1.54) is 38.5 Å². The van der Waals surface area contributed by atoms with E-state index in [1.807, 2.05) is 7.05 Å². The molecule has 1 aromatic heterocycles. The molecule has 1 unspecified atom stereocenters. The lowest BCUT2D eigenvalue weighted by Crippen LogP contribution is -2.11. The van der Waals surface area contributed by atoms with E-state index in [9.17, 15) is 5.11 Å². The van der Waals surface area contributed by atoms with E-state index < -0.39 is 6.10 Å². The number of hydrogen-bond donors (Lipinski definition) is 1. The Balaban J connectivity index is 2.01. The molecule has 0 aliphatic heterocycles. The fraction of sp³-hybridized carbons (Fsp3) is 0.786. The Morgan fingerprint density at radius 1 is 1.39 bits per heavy atom. The third-order valence-electron chi connectivity index (χ3n) is 4.02. The third-order valence-corrected chi connectivity index (χ3v) is 4.02. The Hall–Kier alpha value is -1.03. The van der Waals surface area contributed by atoms with Gasteiger partial charge in [-0.25, -0.2) is 0 Å². The van der Waals surface area contributed by atoms with E-state index in [0.29, 0.717) is 11.7 Å². The van der Waals surface area contributed by atoms with Gasteiger partial charge in [0, 0.05) is 7.05 Å². The summed E-state index contributed by atoms with van der Waals surface area (Å²) in [6.45, 7) is 0. The van der Waals surface area contributed by atoms with Crippen molar-refractivity contribution in [3.05, 3.63) is 11.9 Å². The maximum Gasteiger partial charge on any atom is 0.162 e. The SMILES string of the molecule is COc1cnn(C)c1C(O)CC1CCCCCC1. The lowest BCUT2D eigenvalue weighted by molar-refractivity contribution is 0.127. The second kappa shape index (κ2) is 6.23. The molecular weight excluding hydrogens is 228 g/mol. The highest BCUT2D eigenvalue weighted by molar-refractivity contribution is 5.27. The first-order chi connectivity index (χ1) is 8.72. The van der Waals surface area contributed by atoms with E-state index in [4.69, 9.17) is 4.74 Å². The van der Waals surface area contributed by atoms with Gasteiger partial charge in [0.25, 0.3) is 0 Å². The largest absolute Gasteiger partial charge is 0.493 e. The van der Waals surface area contributed by atoms with Crippen molar-refractivity contribution in [1.29, 1.82) is 0 Å². The normalized spacial score (nSPS) is 19.5. The fourth-order valence-electron chi connectivity index (χ4n) is 2.99. The quantitative estimate of drug-likeness (QED) is 0.838. The number of aliphatic hydroxyl groups excluding tert-OH is 1. The summed E-state index contributed by atoms with van der Waals surface area (Å²) in [4.78, 5) is 0. The molecule has 0 saturated heterocycles. The van der Waals surface area contributed by atoms with E-state index >= 15 is 0 Å². The molecule has 1 aromatic rings. The molecule has 0 bridgehead atoms. The predicted octanol–water partition coefficient (Wildman–Crippen LogP) is 2.82. The first-order valence-electron chi connectivity index (χ1n) is 6.96. The standard InChI is InChI=1S/C14H24N2O2/c1-16-14(13(18-2)10-15-16)12(17)9-11-7-5-3-4-6-8-11/h10-12,17H,3-9H2,1-2H3. The van der Waals surface area contributed by atoms with Crippen molar-refractivity contribution >= 4 is 0 Å². The zero-order valence-corrected chi connectivity index (χ0v) is 11.4. The average Bonchev–Trinajstić information content (AvgIpc) is 2.57. The summed E-state index contributed by atoms with van der Waals surface area (Å²) in [5.41, 5.74) is 0.807. The highest BCUT2D eigenvalue weighted by Crippen LogP contribution is 2.33. The van der Waals surface area contributed by atoms with Gasteiger partial charge in [0.15, 0.2) is 5.75 Å².